The lowest BCUT2D eigenvalue weighted by molar-refractivity contribution is -0.00410. The predicted octanol–water partition coefficient (Wildman–Crippen LogP) is 1.20. The molecule has 0 N–H and O–H groups in total. The predicted molar refractivity (Wildman–Crippen MR) is 87.4 cm³/mol. The summed E-state index contributed by atoms with van der Waals surface area (Å²) in [7, 11) is 2.00. The summed E-state index contributed by atoms with van der Waals surface area (Å²) in [6, 6.07) is 0. The maximum absolute atomic E-state index is 13.6. The molecule has 1 aromatic heterocycles. The Hall–Kier alpha value is -0.640. The van der Waals surface area contributed by atoms with Crippen LogP contribution in [0.2, 0.25) is 0 Å². The Morgan fingerprint density at radius 2 is 1.95 bits per heavy atom. The second-order valence-electron chi connectivity index (χ2n) is 7.24. The van der Waals surface area contributed by atoms with Crippen molar-refractivity contribution in [3.8, 4) is 0 Å². The first-order valence-corrected chi connectivity index (χ1v) is 8.56. The van der Waals surface area contributed by atoms with E-state index >= 15 is 0 Å². The van der Waals surface area contributed by atoms with Crippen LogP contribution in [0, 0.1) is 5.21 Å². The van der Waals surface area contributed by atoms with Gasteiger partial charge in [0.2, 0.25) is 0 Å². The minimum Gasteiger partial charge on any atom is -0.623 e. The Labute approximate surface area is 135 Å². The van der Waals surface area contributed by atoms with Crippen molar-refractivity contribution in [2.75, 3.05) is 46.6 Å². The molecule has 124 valence electrons. The lowest BCUT2D eigenvalue weighted by atomic mass is 9.98. The highest BCUT2D eigenvalue weighted by atomic mass is 32.1. The molecule has 2 atom stereocenters. The Morgan fingerprint density at radius 3 is 2.55 bits per heavy atom. The smallest absolute Gasteiger partial charge is 0.309 e. The van der Waals surface area contributed by atoms with Gasteiger partial charge >= 0.3 is 5.13 Å². The van der Waals surface area contributed by atoms with Crippen LogP contribution >= 0.6 is 11.3 Å². The summed E-state index contributed by atoms with van der Waals surface area (Å²) in [5.74, 6) is 0. The van der Waals surface area contributed by atoms with Crippen LogP contribution in [0.4, 0.5) is 5.13 Å². The van der Waals surface area contributed by atoms with Crippen molar-refractivity contribution in [2.24, 2.45) is 0 Å². The molecule has 22 heavy (non-hydrogen) atoms. The van der Waals surface area contributed by atoms with E-state index in [1.807, 2.05) is 7.05 Å². The second kappa shape index (κ2) is 5.77. The molecule has 1 aromatic rings. The topological polar surface area (TPSA) is 64.5 Å². The zero-order chi connectivity index (χ0) is 16.0. The first-order valence-electron chi connectivity index (χ1n) is 7.74. The molecule has 0 bridgehead atoms. The molecule has 0 amide bonds. The van der Waals surface area contributed by atoms with Crippen molar-refractivity contribution in [2.45, 2.75) is 32.4 Å². The van der Waals surface area contributed by atoms with Gasteiger partial charge in [-0.3, -0.25) is 9.55 Å². The number of ether oxygens (including phenoxy) is 1. The molecular weight excluding hydrogens is 302 g/mol. The third-order valence-electron chi connectivity index (χ3n) is 4.25. The average molecular weight is 327 g/mol. The van der Waals surface area contributed by atoms with Crippen molar-refractivity contribution < 1.29 is 4.74 Å². The van der Waals surface area contributed by atoms with Gasteiger partial charge in [-0.2, -0.15) is 0 Å². The Kier molecular flexibility index (Phi) is 4.26. The second-order valence-corrected chi connectivity index (χ2v) is 8.20. The zero-order valence-electron chi connectivity index (χ0n) is 13.8. The van der Waals surface area contributed by atoms with Gasteiger partial charge in [0.05, 0.1) is 19.8 Å². The van der Waals surface area contributed by atoms with Gasteiger partial charge in [0.25, 0.3) is 0 Å². The fourth-order valence-corrected chi connectivity index (χ4v) is 4.01. The van der Waals surface area contributed by atoms with Crippen LogP contribution < -0.4 is 4.65 Å². The molecule has 2 saturated heterocycles. The summed E-state index contributed by atoms with van der Waals surface area (Å²) in [4.78, 5) is 4.34. The number of morpholine rings is 1. The van der Waals surface area contributed by atoms with Crippen molar-refractivity contribution in [3.05, 3.63) is 10.2 Å². The van der Waals surface area contributed by atoms with E-state index in [-0.39, 0.29) is 11.6 Å². The summed E-state index contributed by atoms with van der Waals surface area (Å²) in [6.45, 7) is 10.5. The first kappa shape index (κ1) is 16.2. The summed E-state index contributed by atoms with van der Waals surface area (Å²) in [5, 5.41) is 23.6. The fraction of sp³-hybridized carbons (Fsp3) is 0.857. The molecule has 0 saturated carbocycles. The Balaban J connectivity index is 1.89. The average Bonchev–Trinajstić information content (AvgIpc) is 3.05. The quantitative estimate of drug-likeness (QED) is 0.601. The number of hydrogen-bond acceptors (Lipinski definition) is 7. The van der Waals surface area contributed by atoms with Crippen LogP contribution in [-0.4, -0.2) is 72.7 Å². The molecule has 2 unspecified atom stereocenters. The van der Waals surface area contributed by atoms with Gasteiger partial charge in [-0.15, -0.1) is 5.10 Å². The minimum absolute atomic E-state index is 0.0742. The van der Waals surface area contributed by atoms with Crippen LogP contribution in [0.25, 0.3) is 0 Å². The number of hydroxylamine groups is 2. The monoisotopic (exact) mass is 327 g/mol. The third kappa shape index (κ3) is 2.91. The molecule has 3 rings (SSSR count). The van der Waals surface area contributed by atoms with E-state index in [9.17, 15) is 5.21 Å². The lowest BCUT2D eigenvalue weighted by Crippen LogP contribution is -2.59. The summed E-state index contributed by atoms with van der Waals surface area (Å²) >= 11 is 1.46. The van der Waals surface area contributed by atoms with Crippen LogP contribution in [-0.2, 0) is 10.2 Å². The van der Waals surface area contributed by atoms with Gasteiger partial charge in [0.1, 0.15) is 11.7 Å². The molecule has 0 radical (unpaired) electrons. The number of hydrogen-bond donors (Lipinski definition) is 0. The molecule has 0 aromatic carbocycles. The number of rotatable bonds is 2. The molecule has 2 aliphatic rings. The van der Waals surface area contributed by atoms with Crippen LogP contribution in [0.15, 0.2) is 0 Å². The van der Waals surface area contributed by atoms with Gasteiger partial charge in [0, 0.05) is 18.5 Å². The Bertz CT molecular complexity index is 526. The van der Waals surface area contributed by atoms with Crippen LogP contribution in [0.3, 0.4) is 0 Å². The third-order valence-corrected chi connectivity index (χ3v) is 5.72. The van der Waals surface area contributed by atoms with Gasteiger partial charge in [-0.25, -0.2) is 4.90 Å². The molecule has 0 aliphatic carbocycles. The summed E-state index contributed by atoms with van der Waals surface area (Å²) in [6.07, 6.45) is -0.116. The molecule has 8 heteroatoms. The largest absolute Gasteiger partial charge is 0.623 e. The molecule has 0 spiro atoms. The van der Waals surface area contributed by atoms with Crippen molar-refractivity contribution in [1.29, 1.82) is 0 Å². The summed E-state index contributed by atoms with van der Waals surface area (Å²) in [5.41, 5.74) is -0.0742. The van der Waals surface area contributed by atoms with Crippen LogP contribution in [0.5, 0.6) is 0 Å². The normalized spacial score (nSPS) is 31.8. The van der Waals surface area contributed by atoms with E-state index in [1.54, 1.807) is 0 Å². The highest BCUT2D eigenvalue weighted by Gasteiger charge is 2.46. The number of nitrogens with zero attached hydrogens (tertiary/aromatic N) is 5. The standard InChI is InChI=1S/C14H25N5O2S/c1-14(2,3)12-15-16-13(22-12)19(20)10-17(4)9-11(19)18-5-7-21-8-6-18/h11H,5-10H2,1-4H3. The molecule has 3 heterocycles. The zero-order valence-corrected chi connectivity index (χ0v) is 14.6. The molecular formula is C14H25N5O2S. The Morgan fingerprint density at radius 1 is 1.27 bits per heavy atom. The van der Waals surface area contributed by atoms with E-state index in [2.05, 4.69) is 40.8 Å². The number of aromatic nitrogens is 2. The molecule has 7 nitrogen and oxygen atoms in total. The van der Waals surface area contributed by atoms with Crippen molar-refractivity contribution >= 4 is 16.5 Å². The van der Waals surface area contributed by atoms with E-state index in [1.165, 1.54) is 11.3 Å². The molecule has 2 aliphatic heterocycles. The number of likely N-dealkylation sites (N-methyl/N-ethyl adjacent to an activating group) is 1. The highest BCUT2D eigenvalue weighted by molar-refractivity contribution is 7.15. The minimum atomic E-state index is -0.412. The SMILES string of the molecule is CN1CC(N2CCOCC2)[N+]([O-])(c2nnc(C(C)(C)C)s2)C1. The van der Waals surface area contributed by atoms with Gasteiger partial charge in [0.15, 0.2) is 6.17 Å². The van der Waals surface area contributed by atoms with Crippen molar-refractivity contribution in [1.82, 2.24) is 24.6 Å². The fourth-order valence-electron chi connectivity index (χ4n) is 3.04. The van der Waals surface area contributed by atoms with Crippen LogP contribution in [0.1, 0.15) is 25.8 Å². The van der Waals surface area contributed by atoms with Gasteiger partial charge < -0.3 is 9.94 Å². The maximum atomic E-state index is 13.6. The summed E-state index contributed by atoms with van der Waals surface area (Å²) < 4.78 is 5.01. The van der Waals surface area contributed by atoms with E-state index < -0.39 is 4.65 Å². The number of quaternary nitrogens is 1. The molecule has 2 fully saturated rings. The van der Waals surface area contributed by atoms with Crippen molar-refractivity contribution in [3.63, 3.8) is 0 Å². The van der Waals surface area contributed by atoms with Gasteiger partial charge in [-0.1, -0.05) is 25.9 Å². The highest BCUT2D eigenvalue weighted by Crippen LogP contribution is 2.37. The van der Waals surface area contributed by atoms with E-state index in [4.69, 9.17) is 4.74 Å². The first-order chi connectivity index (χ1) is 10.3. The van der Waals surface area contributed by atoms with E-state index in [0.29, 0.717) is 25.0 Å². The lowest BCUT2D eigenvalue weighted by Gasteiger charge is -2.45. The maximum Gasteiger partial charge on any atom is 0.309 e. The van der Waals surface area contributed by atoms with E-state index in [0.717, 1.165) is 24.6 Å². The van der Waals surface area contributed by atoms with Gasteiger partial charge in [-0.05, 0) is 18.4 Å².